The first kappa shape index (κ1) is 29.0. The summed E-state index contributed by atoms with van der Waals surface area (Å²) in [4.78, 5) is 34.1. The molecule has 4 rings (SSSR count). The molecule has 0 aromatic heterocycles. The number of carbonyl (C=O) groups is 3. The molecule has 3 saturated carbocycles. The molecule has 202 valence electrons. The van der Waals surface area contributed by atoms with Crippen molar-refractivity contribution in [3.63, 3.8) is 0 Å². The van der Waals surface area contributed by atoms with Gasteiger partial charge in [-0.3, -0.25) is 14.4 Å². The van der Waals surface area contributed by atoms with Crippen molar-refractivity contribution in [1.82, 2.24) is 0 Å². The second-order valence-electron chi connectivity index (χ2n) is 11.1. The second kappa shape index (κ2) is 10.6. The third kappa shape index (κ3) is 4.70. The van der Waals surface area contributed by atoms with Crippen LogP contribution < -0.4 is 0 Å². The van der Waals surface area contributed by atoms with E-state index in [0.717, 1.165) is 0 Å². The Kier molecular flexibility index (Phi) is 8.55. The predicted octanol–water partition coefficient (Wildman–Crippen LogP) is 6.02. The molecule has 0 aliphatic heterocycles. The molecule has 9 heteroatoms. The van der Waals surface area contributed by atoms with Gasteiger partial charge in [0, 0.05) is 23.7 Å². The molecule has 6 unspecified atom stereocenters. The fourth-order valence-electron chi connectivity index (χ4n) is 7.18. The Hall–Kier alpha value is -1.61. The maximum absolute atomic E-state index is 17.5. The number of carboxylic acid groups (broad SMARTS) is 1. The number of hydrogen-bond acceptors (Lipinski definition) is 5. The molecule has 36 heavy (non-hydrogen) atoms. The Morgan fingerprint density at radius 2 is 1.89 bits per heavy atom. The van der Waals surface area contributed by atoms with Gasteiger partial charge in [0.05, 0.1) is 12.2 Å². The van der Waals surface area contributed by atoms with Gasteiger partial charge in [-0.1, -0.05) is 31.7 Å². The number of ketones is 1. The number of alkyl halides is 3. The molecule has 8 atom stereocenters. The summed E-state index contributed by atoms with van der Waals surface area (Å²) >= 11 is 0.673. The van der Waals surface area contributed by atoms with Crippen molar-refractivity contribution in [3.8, 4) is 0 Å². The van der Waals surface area contributed by atoms with Crippen LogP contribution in [0.25, 0.3) is 0 Å². The minimum atomic E-state index is -1.90. The lowest BCUT2D eigenvalue weighted by Crippen LogP contribution is -2.69. The zero-order chi connectivity index (χ0) is 27.1. The lowest BCUT2D eigenvalue weighted by atomic mass is 9.45. The third-order valence-corrected chi connectivity index (χ3v) is 9.50. The van der Waals surface area contributed by atoms with E-state index in [1.54, 1.807) is 13.8 Å². The Bertz CT molecular complexity index is 952. The molecule has 0 bridgehead atoms. The maximum Gasteiger partial charge on any atom is 0.303 e. The average Bonchev–Trinajstić information content (AvgIpc) is 3.14. The Morgan fingerprint density at radius 1 is 1.25 bits per heavy atom. The van der Waals surface area contributed by atoms with Crippen molar-refractivity contribution in [3.05, 3.63) is 23.8 Å². The molecular formula is C27H37F3O5S. The van der Waals surface area contributed by atoms with Crippen LogP contribution in [-0.2, 0) is 19.1 Å². The number of thioether (sulfide) groups is 1. The number of ether oxygens (including phenoxy) is 1. The van der Waals surface area contributed by atoms with Crippen molar-refractivity contribution in [2.45, 2.75) is 90.8 Å². The highest BCUT2D eigenvalue weighted by atomic mass is 32.2. The van der Waals surface area contributed by atoms with Gasteiger partial charge in [-0.2, -0.15) is 0 Å². The van der Waals surface area contributed by atoms with Crippen LogP contribution in [0.1, 0.15) is 66.7 Å². The van der Waals surface area contributed by atoms with Crippen LogP contribution in [0.3, 0.4) is 0 Å². The van der Waals surface area contributed by atoms with Crippen LogP contribution in [-0.4, -0.2) is 52.0 Å². The monoisotopic (exact) mass is 530 g/mol. The summed E-state index contributed by atoms with van der Waals surface area (Å²) in [6.45, 7) is 8.93. The Balaban J connectivity index is 0.000000658. The van der Waals surface area contributed by atoms with Crippen molar-refractivity contribution < 1.29 is 37.4 Å². The van der Waals surface area contributed by atoms with E-state index in [1.165, 1.54) is 18.2 Å². The van der Waals surface area contributed by atoms with E-state index < -0.39 is 52.6 Å². The quantitative estimate of drug-likeness (QED) is 0.468. The number of rotatable bonds is 5. The first-order chi connectivity index (χ1) is 16.8. The van der Waals surface area contributed by atoms with Crippen molar-refractivity contribution in [2.24, 2.45) is 28.6 Å². The molecule has 0 heterocycles. The molecule has 1 N–H and O–H groups in total. The van der Waals surface area contributed by atoms with Crippen molar-refractivity contribution in [1.29, 1.82) is 0 Å². The molecular weight excluding hydrogens is 493 g/mol. The van der Waals surface area contributed by atoms with Gasteiger partial charge >= 0.3 is 5.97 Å². The topological polar surface area (TPSA) is 80.7 Å². The normalized spacial score (nSPS) is 41.0. The van der Waals surface area contributed by atoms with E-state index in [1.807, 2.05) is 20.8 Å². The molecule has 0 radical (unpaired) electrons. The standard InChI is InChI=1S/C24H31F3O3S.C3H6O2/c1-13(2)30-20-11-22(3)15(5-6-16(22)21(29)31-12-25)17-10-19(26)18-9-14(28)7-8-23(18,4)24(17,20)27;1-2-3(4)5/h7-9,13,15-17,19-20H,5-6,10-12H2,1-4H3;2H2,1H3,(H,4,5)/t15?,16?,17?,19-,20?,22?,23?,24-;/m0./s1. The molecule has 5 nitrogen and oxygen atoms in total. The minimum absolute atomic E-state index is 0.0333. The lowest BCUT2D eigenvalue weighted by molar-refractivity contribution is -0.225. The zero-order valence-electron chi connectivity index (χ0n) is 21.6. The van der Waals surface area contributed by atoms with Gasteiger partial charge in [-0.25, -0.2) is 13.2 Å². The van der Waals surface area contributed by atoms with Gasteiger partial charge < -0.3 is 9.84 Å². The van der Waals surface area contributed by atoms with E-state index in [9.17, 15) is 18.8 Å². The maximum atomic E-state index is 17.5. The number of carboxylic acids is 1. The van der Waals surface area contributed by atoms with Crippen LogP contribution in [0.15, 0.2) is 23.8 Å². The average molecular weight is 531 g/mol. The SMILES string of the molecule is CC(C)OC1CC2(C)C(C(=O)SCF)CCC2C2C[C@H](F)C3=CC(=O)C=CC3(C)[C@@]12F.CCC(=O)O. The molecule has 0 spiro atoms. The van der Waals surface area contributed by atoms with Gasteiger partial charge in [0.2, 0.25) is 0 Å². The molecule has 0 amide bonds. The highest BCUT2D eigenvalue weighted by Gasteiger charge is 2.72. The van der Waals surface area contributed by atoms with Crippen LogP contribution in [0.2, 0.25) is 0 Å². The number of allylic oxidation sites excluding steroid dienone is 4. The summed E-state index contributed by atoms with van der Waals surface area (Å²) in [5, 5.41) is 7.52. The number of carbonyl (C=O) groups excluding carboxylic acids is 2. The first-order valence-corrected chi connectivity index (χ1v) is 13.6. The van der Waals surface area contributed by atoms with E-state index >= 15 is 8.78 Å². The number of aliphatic carboxylic acids is 1. The number of halogens is 3. The van der Waals surface area contributed by atoms with Gasteiger partial charge in [-0.05, 0) is 75.5 Å². The highest BCUT2D eigenvalue weighted by molar-refractivity contribution is 8.13. The minimum Gasteiger partial charge on any atom is -0.481 e. The summed E-state index contributed by atoms with van der Waals surface area (Å²) in [7, 11) is 0. The largest absolute Gasteiger partial charge is 0.481 e. The summed E-state index contributed by atoms with van der Waals surface area (Å²) in [5.41, 5.74) is -3.58. The van der Waals surface area contributed by atoms with Crippen molar-refractivity contribution in [2.75, 3.05) is 6.01 Å². The molecule has 0 aromatic carbocycles. The van der Waals surface area contributed by atoms with Gasteiger partial charge in [-0.15, -0.1) is 0 Å². The smallest absolute Gasteiger partial charge is 0.303 e. The second-order valence-corrected chi connectivity index (χ2v) is 12.0. The number of fused-ring (bicyclic) bond motifs is 5. The van der Waals surface area contributed by atoms with Crippen LogP contribution in [0.4, 0.5) is 13.2 Å². The summed E-state index contributed by atoms with van der Waals surface area (Å²) in [5.74, 6) is -2.33. The van der Waals surface area contributed by atoms with Gasteiger partial charge in [0.25, 0.3) is 0 Å². The third-order valence-electron chi connectivity index (χ3n) is 8.82. The fraction of sp³-hybridized carbons (Fsp3) is 0.741. The Morgan fingerprint density at radius 3 is 2.44 bits per heavy atom. The first-order valence-electron chi connectivity index (χ1n) is 12.6. The molecule has 4 aliphatic carbocycles. The zero-order valence-corrected chi connectivity index (χ0v) is 22.4. The van der Waals surface area contributed by atoms with Gasteiger partial charge in [0.15, 0.2) is 16.6 Å². The van der Waals surface area contributed by atoms with Crippen molar-refractivity contribution >= 4 is 28.6 Å². The van der Waals surface area contributed by atoms with Gasteiger partial charge in [0.1, 0.15) is 12.2 Å². The summed E-state index contributed by atoms with van der Waals surface area (Å²) < 4.78 is 52.0. The Labute approximate surface area is 215 Å². The predicted molar refractivity (Wildman–Crippen MR) is 133 cm³/mol. The summed E-state index contributed by atoms with van der Waals surface area (Å²) in [6.07, 6.45) is 3.23. The highest BCUT2D eigenvalue weighted by Crippen LogP contribution is 2.70. The molecule has 0 saturated heterocycles. The van der Waals surface area contributed by atoms with Crippen LogP contribution in [0, 0.1) is 28.6 Å². The summed E-state index contributed by atoms with van der Waals surface area (Å²) in [6, 6.07) is -0.782. The van der Waals surface area contributed by atoms with Crippen LogP contribution >= 0.6 is 11.8 Å². The molecule has 3 fully saturated rings. The number of hydrogen-bond donors (Lipinski definition) is 1. The van der Waals surface area contributed by atoms with E-state index in [4.69, 9.17) is 9.84 Å². The van der Waals surface area contributed by atoms with E-state index in [2.05, 4.69) is 0 Å². The fourth-order valence-corrected chi connectivity index (χ4v) is 7.88. The molecule has 4 aliphatic rings. The lowest BCUT2D eigenvalue weighted by Gasteiger charge is -2.63. The van der Waals surface area contributed by atoms with Crippen LogP contribution in [0.5, 0.6) is 0 Å². The van der Waals surface area contributed by atoms with E-state index in [0.29, 0.717) is 31.0 Å². The molecule has 0 aromatic rings. The van der Waals surface area contributed by atoms with E-state index in [-0.39, 0.29) is 41.3 Å².